The van der Waals surface area contributed by atoms with Gasteiger partial charge in [0.25, 0.3) is 0 Å². The molecule has 7 nitrogen and oxygen atoms in total. The molecule has 0 spiro atoms. The number of nitrogens with one attached hydrogen (secondary N) is 1. The summed E-state index contributed by atoms with van der Waals surface area (Å²) in [6.45, 7) is 1.02. The smallest absolute Gasteiger partial charge is 0.354 e. The Kier molecular flexibility index (Phi) is 4.08. The number of carbonyl (C=O) groups is 2. The molecule has 4 N–H and O–H groups in total. The van der Waals surface area contributed by atoms with Gasteiger partial charge in [-0.2, -0.15) is 0 Å². The van der Waals surface area contributed by atoms with Crippen molar-refractivity contribution in [3.05, 3.63) is 29.6 Å². The second-order valence-electron chi connectivity index (χ2n) is 4.38. The van der Waals surface area contributed by atoms with Gasteiger partial charge in [0.1, 0.15) is 5.69 Å². The average molecular weight is 265 g/mol. The lowest BCUT2D eigenvalue weighted by Gasteiger charge is -2.13. The molecule has 1 aromatic rings. The molecular formula is C12H15N3O4. The van der Waals surface area contributed by atoms with E-state index in [4.69, 9.17) is 15.6 Å². The molecule has 0 radical (unpaired) electrons. The van der Waals surface area contributed by atoms with Crippen LogP contribution in [0.1, 0.15) is 16.1 Å². The zero-order valence-electron chi connectivity index (χ0n) is 10.2. The maximum absolute atomic E-state index is 11.8. The summed E-state index contributed by atoms with van der Waals surface area (Å²) in [6.07, 6.45) is 1.43. The van der Waals surface area contributed by atoms with Gasteiger partial charge in [-0.05, 0) is 11.6 Å². The second-order valence-corrected chi connectivity index (χ2v) is 4.38. The molecule has 2 rings (SSSR count). The van der Waals surface area contributed by atoms with E-state index in [0.29, 0.717) is 13.2 Å². The second kappa shape index (κ2) is 5.77. The average Bonchev–Trinajstić information content (AvgIpc) is 2.83. The number of ether oxygens (including phenoxy) is 1. The Hall–Kier alpha value is -1.99. The van der Waals surface area contributed by atoms with E-state index in [2.05, 4.69) is 10.3 Å². The molecule has 102 valence electrons. The van der Waals surface area contributed by atoms with Gasteiger partial charge in [0.05, 0.1) is 19.1 Å². The van der Waals surface area contributed by atoms with Crippen molar-refractivity contribution in [3.63, 3.8) is 0 Å². The van der Waals surface area contributed by atoms with E-state index in [1.165, 1.54) is 12.3 Å². The number of nitrogens with two attached hydrogens (primary N) is 1. The molecule has 2 unspecified atom stereocenters. The summed E-state index contributed by atoms with van der Waals surface area (Å²) in [5.74, 6) is -1.57. The van der Waals surface area contributed by atoms with Crippen molar-refractivity contribution in [2.24, 2.45) is 11.7 Å². The topological polar surface area (TPSA) is 115 Å². The molecule has 1 aliphatic heterocycles. The number of rotatable bonds is 4. The first-order chi connectivity index (χ1) is 9.08. The summed E-state index contributed by atoms with van der Waals surface area (Å²) in [7, 11) is 0. The number of hydrogen-bond acceptors (Lipinski definition) is 5. The minimum absolute atomic E-state index is 0.0266. The number of carbonyl (C=O) groups excluding carboxylic acids is 1. The summed E-state index contributed by atoms with van der Waals surface area (Å²) in [4.78, 5) is 26.2. The van der Waals surface area contributed by atoms with Gasteiger partial charge < -0.3 is 20.9 Å². The summed E-state index contributed by atoms with van der Waals surface area (Å²) < 4.78 is 5.12. The van der Waals surface area contributed by atoms with Crippen LogP contribution in [-0.4, -0.2) is 41.2 Å². The van der Waals surface area contributed by atoms with Crippen molar-refractivity contribution in [3.8, 4) is 0 Å². The van der Waals surface area contributed by atoms with E-state index in [0.717, 1.165) is 5.56 Å². The van der Waals surface area contributed by atoms with Gasteiger partial charge in [0.15, 0.2) is 0 Å². The zero-order chi connectivity index (χ0) is 13.8. The first-order valence-corrected chi connectivity index (χ1v) is 5.87. The third-order valence-corrected chi connectivity index (χ3v) is 2.97. The number of hydrogen-bond donors (Lipinski definition) is 3. The Morgan fingerprint density at radius 2 is 2.26 bits per heavy atom. The van der Waals surface area contributed by atoms with Crippen molar-refractivity contribution < 1.29 is 19.4 Å². The molecule has 0 aliphatic carbocycles. The molecule has 2 atom stereocenters. The van der Waals surface area contributed by atoms with Gasteiger partial charge in [-0.3, -0.25) is 4.79 Å². The van der Waals surface area contributed by atoms with E-state index < -0.39 is 5.97 Å². The quantitative estimate of drug-likeness (QED) is 0.667. The van der Waals surface area contributed by atoms with Gasteiger partial charge in [-0.15, -0.1) is 0 Å². The fraction of sp³-hybridized carbons (Fsp3) is 0.417. The standard InChI is InChI=1S/C12H15N3O4/c13-9-6-19-5-8(9)11(16)15-4-7-1-2-10(12(17)18)14-3-7/h1-3,8-9H,4-6,13H2,(H,15,16)(H,17,18). The van der Waals surface area contributed by atoms with Crippen molar-refractivity contribution in [2.75, 3.05) is 13.2 Å². The fourth-order valence-corrected chi connectivity index (χ4v) is 1.82. The highest BCUT2D eigenvalue weighted by molar-refractivity contribution is 5.85. The third-order valence-electron chi connectivity index (χ3n) is 2.97. The maximum atomic E-state index is 11.8. The first kappa shape index (κ1) is 13.4. The maximum Gasteiger partial charge on any atom is 0.354 e. The summed E-state index contributed by atoms with van der Waals surface area (Å²) in [6, 6.07) is 2.74. The Labute approximate surface area is 109 Å². The van der Waals surface area contributed by atoms with Crippen LogP contribution in [0.25, 0.3) is 0 Å². The number of nitrogens with zero attached hydrogens (tertiary/aromatic N) is 1. The Morgan fingerprint density at radius 3 is 2.79 bits per heavy atom. The summed E-state index contributed by atoms with van der Waals surface area (Å²) in [5, 5.41) is 11.4. The molecule has 0 aromatic carbocycles. The van der Waals surface area contributed by atoms with Crippen molar-refractivity contribution in [2.45, 2.75) is 12.6 Å². The molecule has 0 saturated carbocycles. The Morgan fingerprint density at radius 1 is 1.47 bits per heavy atom. The highest BCUT2D eigenvalue weighted by atomic mass is 16.5. The van der Waals surface area contributed by atoms with E-state index in [1.807, 2.05) is 0 Å². The van der Waals surface area contributed by atoms with E-state index >= 15 is 0 Å². The number of amides is 1. The Balaban J connectivity index is 1.88. The number of aromatic carboxylic acids is 1. The van der Waals surface area contributed by atoms with Crippen molar-refractivity contribution >= 4 is 11.9 Å². The van der Waals surface area contributed by atoms with Gasteiger partial charge in [0, 0.05) is 18.8 Å². The molecule has 1 aliphatic rings. The predicted octanol–water partition coefficient (Wildman–Crippen LogP) is -0.630. The molecular weight excluding hydrogens is 250 g/mol. The largest absolute Gasteiger partial charge is 0.477 e. The molecule has 1 saturated heterocycles. The van der Waals surface area contributed by atoms with Crippen LogP contribution in [0.2, 0.25) is 0 Å². The summed E-state index contributed by atoms with van der Waals surface area (Å²) >= 11 is 0. The molecule has 0 bridgehead atoms. The van der Waals surface area contributed by atoms with Gasteiger partial charge in [-0.25, -0.2) is 9.78 Å². The van der Waals surface area contributed by atoms with Crippen molar-refractivity contribution in [1.82, 2.24) is 10.3 Å². The van der Waals surface area contributed by atoms with Gasteiger partial charge >= 0.3 is 5.97 Å². The minimum Gasteiger partial charge on any atom is -0.477 e. The highest BCUT2D eigenvalue weighted by Crippen LogP contribution is 2.11. The zero-order valence-corrected chi connectivity index (χ0v) is 10.2. The molecule has 1 fully saturated rings. The lowest BCUT2D eigenvalue weighted by molar-refractivity contribution is -0.125. The normalized spacial score (nSPS) is 22.2. The molecule has 7 heteroatoms. The lowest BCUT2D eigenvalue weighted by atomic mass is 10.0. The van der Waals surface area contributed by atoms with Crippen LogP contribution in [0.5, 0.6) is 0 Å². The first-order valence-electron chi connectivity index (χ1n) is 5.87. The minimum atomic E-state index is -1.08. The van der Waals surface area contributed by atoms with Crippen LogP contribution in [0.4, 0.5) is 0 Å². The Bertz CT molecular complexity index is 474. The molecule has 1 aromatic heterocycles. The van der Waals surface area contributed by atoms with E-state index in [1.54, 1.807) is 6.07 Å². The summed E-state index contributed by atoms with van der Waals surface area (Å²) in [5.41, 5.74) is 6.44. The van der Waals surface area contributed by atoms with Crippen LogP contribution in [0.15, 0.2) is 18.3 Å². The lowest BCUT2D eigenvalue weighted by Crippen LogP contribution is -2.40. The van der Waals surface area contributed by atoms with Crippen LogP contribution in [-0.2, 0) is 16.1 Å². The van der Waals surface area contributed by atoms with Gasteiger partial charge in [0.2, 0.25) is 5.91 Å². The highest BCUT2D eigenvalue weighted by Gasteiger charge is 2.30. The third kappa shape index (κ3) is 3.27. The molecule has 1 amide bonds. The van der Waals surface area contributed by atoms with Crippen LogP contribution < -0.4 is 11.1 Å². The van der Waals surface area contributed by atoms with Crippen molar-refractivity contribution in [1.29, 1.82) is 0 Å². The number of aromatic nitrogens is 1. The van der Waals surface area contributed by atoms with Crippen LogP contribution in [0, 0.1) is 5.92 Å². The van der Waals surface area contributed by atoms with E-state index in [-0.39, 0.29) is 30.1 Å². The van der Waals surface area contributed by atoms with Crippen LogP contribution >= 0.6 is 0 Å². The fourth-order valence-electron chi connectivity index (χ4n) is 1.82. The number of carboxylic acid groups (broad SMARTS) is 1. The monoisotopic (exact) mass is 265 g/mol. The number of carboxylic acids is 1. The number of pyridine rings is 1. The van der Waals surface area contributed by atoms with Gasteiger partial charge in [-0.1, -0.05) is 6.07 Å². The molecule has 2 heterocycles. The SMILES string of the molecule is NC1COCC1C(=O)NCc1ccc(C(=O)O)nc1. The molecule has 19 heavy (non-hydrogen) atoms. The van der Waals surface area contributed by atoms with E-state index in [9.17, 15) is 9.59 Å². The van der Waals surface area contributed by atoms with Crippen LogP contribution in [0.3, 0.4) is 0 Å². The predicted molar refractivity (Wildman–Crippen MR) is 65.3 cm³/mol.